The second-order valence-electron chi connectivity index (χ2n) is 21.0. The third-order valence-corrected chi connectivity index (χ3v) is 14.0. The van der Waals surface area contributed by atoms with Gasteiger partial charge in [-0.3, -0.25) is 14.4 Å². The second kappa shape index (κ2) is 57.7. The number of ether oxygens (including phenoxy) is 3. The Labute approximate surface area is 424 Å². The lowest BCUT2D eigenvalue weighted by atomic mass is 10.0. The van der Waals surface area contributed by atoms with Crippen molar-refractivity contribution in [2.45, 2.75) is 354 Å². The van der Waals surface area contributed by atoms with Crippen LogP contribution in [0.4, 0.5) is 0 Å². The van der Waals surface area contributed by atoms with Crippen molar-refractivity contribution in [3.63, 3.8) is 0 Å². The lowest BCUT2D eigenvalue weighted by Crippen LogP contribution is -2.30. The zero-order valence-electron chi connectivity index (χ0n) is 46.2. The average molecular weight is 960 g/mol. The van der Waals surface area contributed by atoms with Gasteiger partial charge in [0.2, 0.25) is 0 Å². The van der Waals surface area contributed by atoms with E-state index in [1.54, 1.807) is 0 Å². The molecule has 0 aromatic heterocycles. The average Bonchev–Trinajstić information content (AvgIpc) is 3.34. The summed E-state index contributed by atoms with van der Waals surface area (Å²) in [4.78, 5) is 38.0. The van der Waals surface area contributed by atoms with Crippen LogP contribution in [0.3, 0.4) is 0 Å². The molecular weight excluding hydrogens is 841 g/mol. The van der Waals surface area contributed by atoms with Gasteiger partial charge in [-0.2, -0.15) is 0 Å². The van der Waals surface area contributed by atoms with E-state index in [1.807, 2.05) is 0 Å². The summed E-state index contributed by atoms with van der Waals surface area (Å²) in [6.07, 6.45) is 66.7. The highest BCUT2D eigenvalue weighted by Gasteiger charge is 2.19. The maximum absolute atomic E-state index is 12.8. The van der Waals surface area contributed by atoms with Crippen LogP contribution >= 0.6 is 0 Å². The molecule has 0 amide bonds. The van der Waals surface area contributed by atoms with Gasteiger partial charge < -0.3 is 14.2 Å². The molecule has 0 spiro atoms. The molecule has 0 rings (SSSR count). The van der Waals surface area contributed by atoms with E-state index in [1.165, 1.54) is 250 Å². The Balaban J connectivity index is 4.08. The SMILES string of the molecule is CCCCCCCC/C=C\CCCCCCCCCCCC(=O)OC(COC(=O)CCCCCCCCC)COC(=O)CCCCCCCCCCCCCCCCCCCCCCCCCC. The van der Waals surface area contributed by atoms with Crippen LogP contribution in [0.15, 0.2) is 12.2 Å². The first-order valence-corrected chi connectivity index (χ1v) is 30.7. The Morgan fingerprint density at radius 2 is 0.485 bits per heavy atom. The van der Waals surface area contributed by atoms with Crippen molar-refractivity contribution in [1.29, 1.82) is 0 Å². The predicted octanol–water partition coefficient (Wildman–Crippen LogP) is 20.5. The fourth-order valence-electron chi connectivity index (χ4n) is 9.38. The number of carbonyl (C=O) groups excluding carboxylic acids is 3. The Hall–Kier alpha value is -1.85. The van der Waals surface area contributed by atoms with E-state index in [4.69, 9.17) is 14.2 Å². The number of hydrogen-bond acceptors (Lipinski definition) is 6. The van der Waals surface area contributed by atoms with Crippen LogP contribution in [0, 0.1) is 0 Å². The molecule has 0 heterocycles. The maximum atomic E-state index is 12.8. The van der Waals surface area contributed by atoms with Gasteiger partial charge >= 0.3 is 17.9 Å². The predicted molar refractivity (Wildman–Crippen MR) is 293 cm³/mol. The van der Waals surface area contributed by atoms with Crippen molar-refractivity contribution < 1.29 is 28.6 Å². The summed E-state index contributed by atoms with van der Waals surface area (Å²) in [7, 11) is 0. The molecule has 6 heteroatoms. The quantitative estimate of drug-likeness (QED) is 0.0262. The molecule has 0 radical (unpaired) electrons. The first-order valence-electron chi connectivity index (χ1n) is 30.7. The molecule has 0 saturated heterocycles. The molecule has 6 nitrogen and oxygen atoms in total. The third kappa shape index (κ3) is 55.1. The van der Waals surface area contributed by atoms with Gasteiger partial charge in [-0.25, -0.2) is 0 Å². The van der Waals surface area contributed by atoms with E-state index in [0.29, 0.717) is 19.3 Å². The van der Waals surface area contributed by atoms with Gasteiger partial charge in [-0.15, -0.1) is 0 Å². The fraction of sp³-hybridized carbons (Fsp3) is 0.919. The molecule has 0 saturated carbocycles. The van der Waals surface area contributed by atoms with Crippen LogP contribution in [-0.2, 0) is 28.6 Å². The first-order chi connectivity index (χ1) is 33.5. The molecule has 0 bridgehead atoms. The van der Waals surface area contributed by atoms with E-state index in [-0.39, 0.29) is 31.1 Å². The lowest BCUT2D eigenvalue weighted by Gasteiger charge is -2.18. The number of hydrogen-bond donors (Lipinski definition) is 0. The number of unbranched alkanes of at least 4 members (excludes halogenated alkanes) is 44. The van der Waals surface area contributed by atoms with Gasteiger partial charge in [0, 0.05) is 19.3 Å². The Kier molecular flexibility index (Phi) is 56.2. The molecule has 68 heavy (non-hydrogen) atoms. The number of esters is 3. The second-order valence-corrected chi connectivity index (χ2v) is 21.0. The highest BCUT2D eigenvalue weighted by atomic mass is 16.6. The van der Waals surface area contributed by atoms with Gasteiger partial charge in [-0.1, -0.05) is 296 Å². The van der Waals surface area contributed by atoms with Crippen LogP contribution in [0.25, 0.3) is 0 Å². The normalized spacial score (nSPS) is 12.0. The molecule has 402 valence electrons. The van der Waals surface area contributed by atoms with Crippen LogP contribution in [-0.4, -0.2) is 37.2 Å². The molecule has 0 aliphatic heterocycles. The van der Waals surface area contributed by atoms with Gasteiger partial charge in [0.1, 0.15) is 13.2 Å². The molecular formula is C62H118O6. The summed E-state index contributed by atoms with van der Waals surface area (Å²) in [5.41, 5.74) is 0. The summed E-state index contributed by atoms with van der Waals surface area (Å²) in [6, 6.07) is 0. The summed E-state index contributed by atoms with van der Waals surface area (Å²) in [5.74, 6) is -0.850. The summed E-state index contributed by atoms with van der Waals surface area (Å²) in [5, 5.41) is 0. The van der Waals surface area contributed by atoms with Crippen LogP contribution < -0.4 is 0 Å². The zero-order chi connectivity index (χ0) is 49.3. The van der Waals surface area contributed by atoms with Gasteiger partial charge in [0.15, 0.2) is 6.10 Å². The minimum Gasteiger partial charge on any atom is -0.462 e. The summed E-state index contributed by atoms with van der Waals surface area (Å²) >= 11 is 0. The zero-order valence-corrected chi connectivity index (χ0v) is 46.2. The molecule has 1 unspecified atom stereocenters. The summed E-state index contributed by atoms with van der Waals surface area (Å²) in [6.45, 7) is 6.65. The Morgan fingerprint density at radius 1 is 0.279 bits per heavy atom. The van der Waals surface area contributed by atoms with Crippen LogP contribution in [0.5, 0.6) is 0 Å². The van der Waals surface area contributed by atoms with E-state index >= 15 is 0 Å². The largest absolute Gasteiger partial charge is 0.462 e. The third-order valence-electron chi connectivity index (χ3n) is 14.0. The molecule has 0 fully saturated rings. The van der Waals surface area contributed by atoms with Crippen LogP contribution in [0.2, 0.25) is 0 Å². The lowest BCUT2D eigenvalue weighted by molar-refractivity contribution is -0.167. The van der Waals surface area contributed by atoms with E-state index < -0.39 is 6.10 Å². The van der Waals surface area contributed by atoms with Crippen molar-refractivity contribution in [3.8, 4) is 0 Å². The molecule has 0 N–H and O–H groups in total. The minimum atomic E-state index is -0.764. The number of allylic oxidation sites excluding steroid dienone is 2. The van der Waals surface area contributed by atoms with E-state index in [2.05, 4.69) is 32.9 Å². The van der Waals surface area contributed by atoms with E-state index in [0.717, 1.165) is 57.8 Å². The Bertz CT molecular complexity index is 1060. The smallest absolute Gasteiger partial charge is 0.306 e. The first kappa shape index (κ1) is 66.2. The van der Waals surface area contributed by atoms with Crippen molar-refractivity contribution in [3.05, 3.63) is 12.2 Å². The van der Waals surface area contributed by atoms with Crippen molar-refractivity contribution in [2.24, 2.45) is 0 Å². The Morgan fingerprint density at radius 3 is 0.735 bits per heavy atom. The van der Waals surface area contributed by atoms with Crippen molar-refractivity contribution >= 4 is 17.9 Å². The van der Waals surface area contributed by atoms with Crippen LogP contribution in [0.1, 0.15) is 348 Å². The van der Waals surface area contributed by atoms with Crippen molar-refractivity contribution in [1.82, 2.24) is 0 Å². The topological polar surface area (TPSA) is 78.9 Å². The highest BCUT2D eigenvalue weighted by molar-refractivity contribution is 5.71. The standard InChI is InChI=1S/C62H118O6/c1-4-7-10-13-16-18-20-22-24-26-28-29-30-31-32-34-35-37-39-41-43-46-49-52-55-61(64)67-58-59(57-66-60(63)54-51-48-45-15-12-9-6-3)68-62(65)56-53-50-47-44-42-40-38-36-33-27-25-23-21-19-17-14-11-8-5-2/h23,25,59H,4-22,24,26-58H2,1-3H3/b25-23-. The fourth-order valence-corrected chi connectivity index (χ4v) is 9.38. The van der Waals surface area contributed by atoms with Gasteiger partial charge in [-0.05, 0) is 44.9 Å². The summed E-state index contributed by atoms with van der Waals surface area (Å²) < 4.78 is 16.8. The molecule has 0 aliphatic carbocycles. The van der Waals surface area contributed by atoms with E-state index in [9.17, 15) is 14.4 Å². The monoisotopic (exact) mass is 959 g/mol. The van der Waals surface area contributed by atoms with Gasteiger partial charge in [0.05, 0.1) is 0 Å². The number of rotatable bonds is 57. The molecule has 1 atom stereocenters. The highest BCUT2D eigenvalue weighted by Crippen LogP contribution is 2.18. The van der Waals surface area contributed by atoms with Crippen molar-refractivity contribution in [2.75, 3.05) is 13.2 Å². The molecule has 0 aromatic carbocycles. The molecule has 0 aliphatic rings. The van der Waals surface area contributed by atoms with Gasteiger partial charge in [0.25, 0.3) is 0 Å². The molecule has 0 aromatic rings. The number of carbonyl (C=O) groups is 3. The minimum absolute atomic E-state index is 0.0653. The maximum Gasteiger partial charge on any atom is 0.306 e.